The Hall–Kier alpha value is -2.83. The lowest BCUT2D eigenvalue weighted by Crippen LogP contribution is -1.89. The summed E-state index contributed by atoms with van der Waals surface area (Å²) >= 11 is 0. The van der Waals surface area contributed by atoms with Crippen molar-refractivity contribution in [3.8, 4) is 28.7 Å². The number of phenolic OH excluding ortho intramolecular Hbond substituents is 1. The highest BCUT2D eigenvalue weighted by Crippen LogP contribution is 2.27. The molecule has 3 N–H and O–H groups in total. The van der Waals surface area contributed by atoms with Gasteiger partial charge in [-0.2, -0.15) is 10.1 Å². The van der Waals surface area contributed by atoms with E-state index < -0.39 is 0 Å². The minimum atomic E-state index is -0.0184. The molecular weight excluding hydrogens is 246 g/mol. The van der Waals surface area contributed by atoms with Gasteiger partial charge in [0, 0.05) is 18.8 Å². The van der Waals surface area contributed by atoms with Crippen LogP contribution in [0.5, 0.6) is 5.75 Å². The molecule has 2 aromatic heterocycles. The van der Waals surface area contributed by atoms with Crippen LogP contribution in [-0.4, -0.2) is 25.0 Å². The summed E-state index contributed by atoms with van der Waals surface area (Å²) in [7, 11) is 1.81. The third-order valence-corrected chi connectivity index (χ3v) is 2.65. The zero-order chi connectivity index (χ0) is 13.4. The van der Waals surface area contributed by atoms with Gasteiger partial charge in [-0.3, -0.25) is 4.68 Å². The second-order valence-corrected chi connectivity index (χ2v) is 4.07. The molecule has 7 nitrogen and oxygen atoms in total. The molecule has 2 heterocycles. The first-order valence-electron chi connectivity index (χ1n) is 5.56. The Morgan fingerprint density at radius 3 is 2.84 bits per heavy atom. The van der Waals surface area contributed by atoms with Gasteiger partial charge in [0.05, 0.1) is 5.69 Å². The molecule has 3 aromatic rings. The molecule has 0 amide bonds. The van der Waals surface area contributed by atoms with Crippen molar-refractivity contribution in [3.63, 3.8) is 0 Å². The summed E-state index contributed by atoms with van der Waals surface area (Å²) in [6.45, 7) is 0. The van der Waals surface area contributed by atoms with Gasteiger partial charge >= 0.3 is 0 Å². The average molecular weight is 257 g/mol. The zero-order valence-corrected chi connectivity index (χ0v) is 10.1. The van der Waals surface area contributed by atoms with Crippen LogP contribution in [0.3, 0.4) is 0 Å². The molecule has 0 unspecified atom stereocenters. The van der Waals surface area contributed by atoms with Crippen LogP contribution in [0.2, 0.25) is 0 Å². The van der Waals surface area contributed by atoms with Crippen LogP contribution in [0.1, 0.15) is 0 Å². The van der Waals surface area contributed by atoms with Crippen LogP contribution in [-0.2, 0) is 7.05 Å². The van der Waals surface area contributed by atoms with Gasteiger partial charge in [-0.05, 0) is 24.3 Å². The minimum Gasteiger partial charge on any atom is -0.506 e. The number of phenols is 1. The van der Waals surface area contributed by atoms with Crippen molar-refractivity contribution in [1.29, 1.82) is 0 Å². The monoisotopic (exact) mass is 257 g/mol. The minimum absolute atomic E-state index is 0.0184. The van der Waals surface area contributed by atoms with Crippen LogP contribution >= 0.6 is 0 Å². The molecule has 0 aliphatic heterocycles. The summed E-state index contributed by atoms with van der Waals surface area (Å²) in [6, 6.07) is 6.54. The van der Waals surface area contributed by atoms with Gasteiger partial charge in [-0.25, -0.2) is 0 Å². The molecule has 0 saturated heterocycles. The fourth-order valence-corrected chi connectivity index (χ4v) is 1.66. The van der Waals surface area contributed by atoms with E-state index in [-0.39, 0.29) is 5.75 Å². The maximum atomic E-state index is 9.56. The summed E-state index contributed by atoms with van der Waals surface area (Å²) in [5.74, 6) is 0.679. The Morgan fingerprint density at radius 2 is 2.16 bits per heavy atom. The fourth-order valence-electron chi connectivity index (χ4n) is 1.66. The summed E-state index contributed by atoms with van der Waals surface area (Å²) in [5.41, 5.74) is 7.06. The number of aryl methyl sites for hydroxylation is 1. The number of nitrogen functional groups attached to an aromatic ring is 1. The molecule has 96 valence electrons. The second kappa shape index (κ2) is 4.13. The number of anilines is 1. The third-order valence-electron chi connectivity index (χ3n) is 2.65. The van der Waals surface area contributed by atoms with Crippen molar-refractivity contribution in [3.05, 3.63) is 30.5 Å². The van der Waals surface area contributed by atoms with Gasteiger partial charge in [0.2, 0.25) is 5.82 Å². The lowest BCUT2D eigenvalue weighted by atomic mass is 10.2. The highest BCUT2D eigenvalue weighted by molar-refractivity contribution is 5.65. The summed E-state index contributed by atoms with van der Waals surface area (Å²) < 4.78 is 6.80. The Bertz CT molecular complexity index is 731. The average Bonchev–Trinajstić information content (AvgIpc) is 3.01. The van der Waals surface area contributed by atoms with E-state index in [0.29, 0.717) is 28.7 Å². The van der Waals surface area contributed by atoms with Crippen molar-refractivity contribution in [2.24, 2.45) is 7.05 Å². The number of benzene rings is 1. The van der Waals surface area contributed by atoms with Gasteiger partial charge in [0.15, 0.2) is 0 Å². The molecule has 0 bridgehead atoms. The van der Waals surface area contributed by atoms with Crippen LogP contribution in [0.25, 0.3) is 23.0 Å². The molecule has 7 heteroatoms. The molecule has 0 spiro atoms. The normalized spacial score (nSPS) is 10.8. The predicted molar refractivity (Wildman–Crippen MR) is 68.0 cm³/mol. The SMILES string of the molecule is Cn1ccc(-c2noc(-c3ccc(N)c(O)c3)n2)n1. The van der Waals surface area contributed by atoms with E-state index in [4.69, 9.17) is 10.3 Å². The first-order valence-corrected chi connectivity index (χ1v) is 5.56. The Morgan fingerprint density at radius 1 is 1.32 bits per heavy atom. The van der Waals surface area contributed by atoms with E-state index in [1.165, 1.54) is 6.07 Å². The number of aromatic nitrogens is 4. The standard InChI is InChI=1S/C12H11N5O2/c1-17-5-4-9(15-17)11-14-12(19-16-11)7-2-3-8(13)10(18)6-7/h2-6,18H,13H2,1H3. The second-order valence-electron chi connectivity index (χ2n) is 4.07. The van der Waals surface area contributed by atoms with Crippen molar-refractivity contribution in [2.75, 3.05) is 5.73 Å². The largest absolute Gasteiger partial charge is 0.506 e. The van der Waals surface area contributed by atoms with Crippen LogP contribution in [0, 0.1) is 0 Å². The number of hydrogen-bond acceptors (Lipinski definition) is 6. The number of rotatable bonds is 2. The first kappa shape index (κ1) is 11.3. The number of hydrogen-bond donors (Lipinski definition) is 2. The fraction of sp³-hybridized carbons (Fsp3) is 0.0833. The number of nitrogens with zero attached hydrogens (tertiary/aromatic N) is 4. The van der Waals surface area contributed by atoms with E-state index in [1.807, 2.05) is 7.05 Å². The lowest BCUT2D eigenvalue weighted by Gasteiger charge is -1.99. The van der Waals surface area contributed by atoms with Gasteiger partial charge in [0.25, 0.3) is 5.89 Å². The summed E-state index contributed by atoms with van der Waals surface area (Å²) in [5, 5.41) is 17.6. The van der Waals surface area contributed by atoms with Crippen LogP contribution in [0.15, 0.2) is 35.0 Å². The quantitative estimate of drug-likeness (QED) is 0.531. The van der Waals surface area contributed by atoms with Crippen molar-refractivity contribution >= 4 is 5.69 Å². The third kappa shape index (κ3) is 2.01. The molecule has 0 radical (unpaired) electrons. The maximum absolute atomic E-state index is 9.56. The van der Waals surface area contributed by atoms with Gasteiger partial charge in [-0.15, -0.1) is 0 Å². The van der Waals surface area contributed by atoms with E-state index in [1.54, 1.807) is 29.1 Å². The lowest BCUT2D eigenvalue weighted by molar-refractivity contribution is 0.431. The van der Waals surface area contributed by atoms with Crippen LogP contribution in [0.4, 0.5) is 5.69 Å². The van der Waals surface area contributed by atoms with Gasteiger partial charge < -0.3 is 15.4 Å². The molecule has 0 aliphatic carbocycles. The summed E-state index contributed by atoms with van der Waals surface area (Å²) in [4.78, 5) is 4.23. The molecule has 3 rings (SSSR count). The topological polar surface area (TPSA) is 103 Å². The van der Waals surface area contributed by atoms with Crippen molar-refractivity contribution < 1.29 is 9.63 Å². The molecule has 0 atom stereocenters. The summed E-state index contributed by atoms with van der Waals surface area (Å²) in [6.07, 6.45) is 1.79. The number of nitrogens with two attached hydrogens (primary N) is 1. The van der Waals surface area contributed by atoms with E-state index in [2.05, 4.69) is 15.2 Å². The highest BCUT2D eigenvalue weighted by atomic mass is 16.5. The van der Waals surface area contributed by atoms with E-state index >= 15 is 0 Å². The van der Waals surface area contributed by atoms with E-state index in [0.717, 1.165) is 0 Å². The maximum Gasteiger partial charge on any atom is 0.258 e. The highest BCUT2D eigenvalue weighted by Gasteiger charge is 2.13. The molecule has 0 fully saturated rings. The van der Waals surface area contributed by atoms with E-state index in [9.17, 15) is 5.11 Å². The van der Waals surface area contributed by atoms with Gasteiger partial charge in [-0.1, -0.05) is 5.16 Å². The molecule has 0 saturated carbocycles. The Labute approximate surface area is 108 Å². The predicted octanol–water partition coefficient (Wildman–Crippen LogP) is 1.42. The Balaban J connectivity index is 1.98. The van der Waals surface area contributed by atoms with Gasteiger partial charge in [0.1, 0.15) is 11.4 Å². The van der Waals surface area contributed by atoms with Crippen LogP contribution < -0.4 is 5.73 Å². The molecule has 0 aliphatic rings. The Kier molecular flexibility index (Phi) is 2.45. The number of aromatic hydroxyl groups is 1. The van der Waals surface area contributed by atoms with Crippen molar-refractivity contribution in [2.45, 2.75) is 0 Å². The zero-order valence-electron chi connectivity index (χ0n) is 10.1. The first-order chi connectivity index (χ1) is 9.13. The molecular formula is C12H11N5O2. The molecule has 19 heavy (non-hydrogen) atoms. The molecule has 1 aromatic carbocycles. The van der Waals surface area contributed by atoms with Crippen molar-refractivity contribution in [1.82, 2.24) is 19.9 Å². The smallest absolute Gasteiger partial charge is 0.258 e.